The maximum Gasteiger partial charge on any atom is 0.341 e. The molecule has 1 saturated carbocycles. The van der Waals surface area contributed by atoms with Crippen molar-refractivity contribution in [1.29, 1.82) is 0 Å². The molecule has 0 radical (unpaired) electrons. The number of ether oxygens (including phenoxy) is 2. The number of rotatable bonds is 7. The highest BCUT2D eigenvalue weighted by Crippen LogP contribution is 2.31. The normalized spacial score (nSPS) is 20.4. The summed E-state index contributed by atoms with van der Waals surface area (Å²) < 4.78 is 11.0. The summed E-state index contributed by atoms with van der Waals surface area (Å²) in [6.45, 7) is 5.08. The molecule has 130 valence electrons. The third-order valence-electron chi connectivity index (χ3n) is 4.37. The van der Waals surface area contributed by atoms with Crippen LogP contribution in [0.25, 0.3) is 11.0 Å². The maximum absolute atomic E-state index is 12.3. The number of nitrogens with one attached hydrogen (secondary N) is 2. The number of aromatic amines is 1. The molecule has 2 aromatic heterocycles. The Hall–Kier alpha value is -2.08. The maximum atomic E-state index is 12.3. The summed E-state index contributed by atoms with van der Waals surface area (Å²) in [4.78, 5) is 19.7. The Bertz CT molecular complexity index is 698. The van der Waals surface area contributed by atoms with Gasteiger partial charge in [0.05, 0.1) is 18.4 Å². The second kappa shape index (κ2) is 7.66. The van der Waals surface area contributed by atoms with Gasteiger partial charge in [0.1, 0.15) is 11.2 Å². The number of nitrogens with zero attached hydrogens (tertiary/aromatic N) is 1. The van der Waals surface area contributed by atoms with Gasteiger partial charge < -0.3 is 19.8 Å². The van der Waals surface area contributed by atoms with Gasteiger partial charge in [-0.3, -0.25) is 0 Å². The van der Waals surface area contributed by atoms with Gasteiger partial charge in [-0.05, 0) is 38.7 Å². The molecule has 3 rings (SSSR count). The van der Waals surface area contributed by atoms with Crippen LogP contribution in [0, 0.1) is 0 Å². The second-order valence-electron chi connectivity index (χ2n) is 6.15. The highest BCUT2D eigenvalue weighted by Gasteiger charge is 2.27. The monoisotopic (exact) mass is 331 g/mol. The second-order valence-corrected chi connectivity index (χ2v) is 6.15. The molecule has 6 heteroatoms. The number of aromatic nitrogens is 2. The van der Waals surface area contributed by atoms with Crippen molar-refractivity contribution >= 4 is 22.7 Å². The van der Waals surface area contributed by atoms with Gasteiger partial charge in [-0.15, -0.1) is 0 Å². The van der Waals surface area contributed by atoms with Crippen LogP contribution in [-0.4, -0.2) is 41.3 Å². The summed E-state index contributed by atoms with van der Waals surface area (Å²) in [5.74, 6) is -0.340. The van der Waals surface area contributed by atoms with Crippen LogP contribution in [0.3, 0.4) is 0 Å². The van der Waals surface area contributed by atoms with Crippen LogP contribution in [-0.2, 0) is 9.47 Å². The average Bonchev–Trinajstić information content (AvgIpc) is 3.22. The smallest absolute Gasteiger partial charge is 0.341 e. The van der Waals surface area contributed by atoms with Gasteiger partial charge in [-0.1, -0.05) is 6.92 Å². The third kappa shape index (κ3) is 3.53. The molecule has 0 aliphatic heterocycles. The first-order chi connectivity index (χ1) is 11.7. The molecule has 0 spiro atoms. The van der Waals surface area contributed by atoms with Crippen molar-refractivity contribution in [3.8, 4) is 0 Å². The van der Waals surface area contributed by atoms with Gasteiger partial charge in [-0.2, -0.15) is 0 Å². The van der Waals surface area contributed by atoms with Gasteiger partial charge >= 0.3 is 5.97 Å². The minimum absolute atomic E-state index is 0.292. The number of pyridine rings is 1. The summed E-state index contributed by atoms with van der Waals surface area (Å²) >= 11 is 0. The van der Waals surface area contributed by atoms with E-state index in [0.717, 1.165) is 49.0 Å². The standard InChI is InChI=1S/C18H25N3O3/c1-3-9-24-13-6-5-12(10-13)21-16-14-7-8-19-17(14)20-11-15(16)18(22)23-4-2/h7-8,11-13H,3-6,9-10H2,1-2H3,(H2,19,20,21). The topological polar surface area (TPSA) is 76.2 Å². The molecule has 24 heavy (non-hydrogen) atoms. The van der Waals surface area contributed by atoms with Crippen molar-refractivity contribution in [2.75, 3.05) is 18.5 Å². The molecule has 1 aliphatic carbocycles. The zero-order chi connectivity index (χ0) is 16.9. The van der Waals surface area contributed by atoms with E-state index in [4.69, 9.17) is 9.47 Å². The Morgan fingerprint density at radius 1 is 1.42 bits per heavy atom. The predicted molar refractivity (Wildman–Crippen MR) is 93.3 cm³/mol. The van der Waals surface area contributed by atoms with Gasteiger partial charge in [-0.25, -0.2) is 9.78 Å². The van der Waals surface area contributed by atoms with Gasteiger partial charge in [0, 0.05) is 30.4 Å². The Morgan fingerprint density at radius 3 is 3.08 bits per heavy atom. The van der Waals surface area contributed by atoms with E-state index < -0.39 is 0 Å². The fraction of sp³-hybridized carbons (Fsp3) is 0.556. The lowest BCUT2D eigenvalue weighted by molar-refractivity contribution is 0.0527. The minimum Gasteiger partial charge on any atom is -0.462 e. The Kier molecular flexibility index (Phi) is 5.35. The summed E-state index contributed by atoms with van der Waals surface area (Å²) in [7, 11) is 0. The van der Waals surface area contributed by atoms with Crippen LogP contribution in [0.1, 0.15) is 49.9 Å². The molecule has 1 fully saturated rings. The molecular formula is C18H25N3O3. The van der Waals surface area contributed by atoms with Crippen molar-refractivity contribution in [3.05, 3.63) is 24.0 Å². The number of hydrogen-bond acceptors (Lipinski definition) is 5. The fourth-order valence-corrected chi connectivity index (χ4v) is 3.24. The SMILES string of the molecule is CCCOC1CCC(Nc2c(C(=O)OCC)cnc3[nH]ccc23)C1. The van der Waals surface area contributed by atoms with E-state index in [0.29, 0.717) is 24.3 Å². The number of carbonyl (C=O) groups is 1. The zero-order valence-corrected chi connectivity index (χ0v) is 14.3. The number of esters is 1. The van der Waals surface area contributed by atoms with Crippen LogP contribution in [0.5, 0.6) is 0 Å². The Morgan fingerprint density at radius 2 is 2.29 bits per heavy atom. The van der Waals surface area contributed by atoms with Crippen LogP contribution < -0.4 is 5.32 Å². The van der Waals surface area contributed by atoms with Crippen LogP contribution >= 0.6 is 0 Å². The first kappa shape index (κ1) is 16.8. The van der Waals surface area contributed by atoms with Crippen molar-refractivity contribution < 1.29 is 14.3 Å². The van der Waals surface area contributed by atoms with Crippen LogP contribution in [0.2, 0.25) is 0 Å². The molecule has 2 heterocycles. The van der Waals surface area contributed by atoms with E-state index in [-0.39, 0.29) is 5.97 Å². The lowest BCUT2D eigenvalue weighted by atomic mass is 10.1. The fourth-order valence-electron chi connectivity index (χ4n) is 3.24. The van der Waals surface area contributed by atoms with Crippen LogP contribution in [0.4, 0.5) is 5.69 Å². The number of fused-ring (bicyclic) bond motifs is 1. The summed E-state index contributed by atoms with van der Waals surface area (Å²) in [6.07, 6.45) is 7.79. The van der Waals surface area contributed by atoms with Crippen molar-refractivity contribution in [2.45, 2.75) is 51.7 Å². The highest BCUT2D eigenvalue weighted by molar-refractivity contribution is 6.04. The van der Waals surface area contributed by atoms with Crippen molar-refractivity contribution in [3.63, 3.8) is 0 Å². The molecule has 0 bridgehead atoms. The molecule has 0 saturated heterocycles. The summed E-state index contributed by atoms with van der Waals surface area (Å²) in [6, 6.07) is 2.23. The van der Waals surface area contributed by atoms with Crippen LogP contribution in [0.15, 0.2) is 18.5 Å². The number of hydrogen-bond donors (Lipinski definition) is 2. The first-order valence-corrected chi connectivity index (χ1v) is 8.74. The molecular weight excluding hydrogens is 306 g/mol. The average molecular weight is 331 g/mol. The molecule has 0 amide bonds. The van der Waals surface area contributed by atoms with E-state index >= 15 is 0 Å². The van der Waals surface area contributed by atoms with E-state index in [1.807, 2.05) is 12.3 Å². The molecule has 6 nitrogen and oxygen atoms in total. The molecule has 2 unspecified atom stereocenters. The van der Waals surface area contributed by atoms with Gasteiger partial charge in [0.25, 0.3) is 0 Å². The van der Waals surface area contributed by atoms with E-state index in [1.54, 1.807) is 13.1 Å². The minimum atomic E-state index is -0.340. The number of carbonyl (C=O) groups excluding carboxylic acids is 1. The Labute approximate surface area is 141 Å². The van der Waals surface area contributed by atoms with Gasteiger partial charge in [0.2, 0.25) is 0 Å². The summed E-state index contributed by atoms with van der Waals surface area (Å²) in [5.41, 5.74) is 2.06. The lowest BCUT2D eigenvalue weighted by Crippen LogP contribution is -2.20. The largest absolute Gasteiger partial charge is 0.462 e. The molecule has 2 atom stereocenters. The number of H-pyrrole nitrogens is 1. The zero-order valence-electron chi connectivity index (χ0n) is 14.3. The van der Waals surface area contributed by atoms with E-state index in [1.165, 1.54) is 0 Å². The van der Waals surface area contributed by atoms with E-state index in [2.05, 4.69) is 22.2 Å². The molecule has 2 N–H and O–H groups in total. The van der Waals surface area contributed by atoms with Gasteiger partial charge in [0.15, 0.2) is 0 Å². The first-order valence-electron chi connectivity index (χ1n) is 8.74. The Balaban J connectivity index is 1.81. The third-order valence-corrected chi connectivity index (χ3v) is 4.37. The number of anilines is 1. The molecule has 2 aromatic rings. The predicted octanol–water partition coefficient (Wildman–Crippen LogP) is 3.50. The van der Waals surface area contributed by atoms with Crippen molar-refractivity contribution in [2.24, 2.45) is 0 Å². The van der Waals surface area contributed by atoms with E-state index in [9.17, 15) is 4.79 Å². The molecule has 0 aromatic carbocycles. The lowest BCUT2D eigenvalue weighted by Gasteiger charge is -2.18. The highest BCUT2D eigenvalue weighted by atomic mass is 16.5. The molecule has 1 aliphatic rings. The quantitative estimate of drug-likeness (QED) is 0.759. The summed E-state index contributed by atoms with van der Waals surface area (Å²) in [5, 5.41) is 4.46. The van der Waals surface area contributed by atoms with Crippen molar-refractivity contribution in [1.82, 2.24) is 9.97 Å².